The lowest BCUT2D eigenvalue weighted by Crippen LogP contribution is -2.01. The predicted molar refractivity (Wildman–Crippen MR) is 58.0 cm³/mol. The van der Waals surface area contributed by atoms with Gasteiger partial charge in [0, 0.05) is 12.6 Å². The van der Waals surface area contributed by atoms with Crippen molar-refractivity contribution in [3.8, 4) is 0 Å². The fourth-order valence-corrected chi connectivity index (χ4v) is 1.74. The van der Waals surface area contributed by atoms with Crippen molar-refractivity contribution in [3.63, 3.8) is 0 Å². The Hall–Kier alpha value is -1.40. The molecule has 0 radical (unpaired) electrons. The Labute approximate surface area is 97.4 Å². The zero-order valence-corrected chi connectivity index (χ0v) is 9.81. The molecule has 0 aliphatic rings. The molecule has 0 saturated heterocycles. The van der Waals surface area contributed by atoms with Gasteiger partial charge in [-0.25, -0.2) is 4.68 Å². The summed E-state index contributed by atoms with van der Waals surface area (Å²) in [5.74, 6) is 0. The number of aromatic nitrogens is 5. The van der Waals surface area contributed by atoms with E-state index in [1.54, 1.807) is 22.6 Å². The van der Waals surface area contributed by atoms with Crippen LogP contribution in [0.4, 0.5) is 0 Å². The minimum Gasteiger partial charge on any atom is -0.390 e. The van der Waals surface area contributed by atoms with E-state index in [0.717, 1.165) is 11.3 Å². The number of aliphatic hydroxyl groups is 1. The maximum absolute atomic E-state index is 8.87. The van der Waals surface area contributed by atoms with Crippen LogP contribution in [0.1, 0.15) is 17.0 Å². The summed E-state index contributed by atoms with van der Waals surface area (Å²) in [6.45, 7) is 2.29. The molecule has 0 fully saturated rings. The number of rotatable bonds is 3. The number of aliphatic hydroxyl groups excluding tert-OH is 1. The van der Waals surface area contributed by atoms with E-state index in [0.29, 0.717) is 17.4 Å². The number of hydrogen-bond acceptors (Lipinski definition) is 4. The number of nitrogens with zero attached hydrogens (tertiary/aromatic N) is 5. The largest absolute Gasteiger partial charge is 0.390 e. The molecule has 2 heterocycles. The quantitative estimate of drug-likeness (QED) is 0.851. The molecule has 2 aromatic rings. The van der Waals surface area contributed by atoms with Gasteiger partial charge in [0.15, 0.2) is 0 Å². The molecule has 0 aliphatic carbocycles. The van der Waals surface area contributed by atoms with Crippen LogP contribution in [-0.2, 0) is 20.2 Å². The first-order valence-electron chi connectivity index (χ1n) is 4.79. The third kappa shape index (κ3) is 1.94. The van der Waals surface area contributed by atoms with Gasteiger partial charge in [-0.05, 0) is 6.92 Å². The molecule has 0 bridgehead atoms. The van der Waals surface area contributed by atoms with Crippen LogP contribution in [0.25, 0.3) is 0 Å². The summed E-state index contributed by atoms with van der Waals surface area (Å²) in [7, 11) is 1.79. The van der Waals surface area contributed by atoms with Crippen molar-refractivity contribution in [2.24, 2.45) is 7.05 Å². The Kier molecular flexibility index (Phi) is 2.93. The second-order valence-electron chi connectivity index (χ2n) is 3.54. The predicted octanol–water partition coefficient (Wildman–Crippen LogP) is 0.514. The van der Waals surface area contributed by atoms with Gasteiger partial charge in [-0.1, -0.05) is 16.8 Å². The third-order valence-corrected chi connectivity index (χ3v) is 2.81. The third-order valence-electron chi connectivity index (χ3n) is 2.34. The summed E-state index contributed by atoms with van der Waals surface area (Å²) in [4.78, 5) is 0. The summed E-state index contributed by atoms with van der Waals surface area (Å²) in [6.07, 6.45) is 1.68. The Morgan fingerprint density at radius 2 is 2.25 bits per heavy atom. The van der Waals surface area contributed by atoms with Crippen LogP contribution in [-0.4, -0.2) is 29.9 Å². The average molecular weight is 242 g/mol. The van der Waals surface area contributed by atoms with E-state index < -0.39 is 0 Å². The Balaban J connectivity index is 2.26. The van der Waals surface area contributed by atoms with Crippen LogP contribution in [0.3, 0.4) is 0 Å². The van der Waals surface area contributed by atoms with Gasteiger partial charge in [0.1, 0.15) is 10.8 Å². The van der Waals surface area contributed by atoms with Crippen LogP contribution in [0.15, 0.2) is 6.20 Å². The maximum Gasteiger partial charge on any atom is 0.132 e. The van der Waals surface area contributed by atoms with Crippen molar-refractivity contribution in [2.45, 2.75) is 20.1 Å². The highest BCUT2D eigenvalue weighted by Gasteiger charge is 2.12. The molecule has 0 aliphatic heterocycles. The molecule has 16 heavy (non-hydrogen) atoms. The van der Waals surface area contributed by atoms with Gasteiger partial charge in [-0.15, -0.1) is 5.10 Å². The molecule has 0 spiro atoms. The van der Waals surface area contributed by atoms with Crippen LogP contribution in [0.5, 0.6) is 0 Å². The molecule has 0 saturated carbocycles. The minimum absolute atomic E-state index is 0.111. The van der Waals surface area contributed by atoms with E-state index in [2.05, 4.69) is 15.4 Å². The van der Waals surface area contributed by atoms with E-state index >= 15 is 0 Å². The normalized spacial score (nSPS) is 11.0. The highest BCUT2D eigenvalue weighted by Crippen LogP contribution is 2.19. The second-order valence-corrected chi connectivity index (χ2v) is 3.90. The smallest absolute Gasteiger partial charge is 0.132 e. The molecule has 7 heteroatoms. The summed E-state index contributed by atoms with van der Waals surface area (Å²) in [5, 5.41) is 21.3. The lowest BCUT2D eigenvalue weighted by Gasteiger charge is -1.99. The van der Waals surface area contributed by atoms with E-state index in [1.807, 2.05) is 6.92 Å². The van der Waals surface area contributed by atoms with Crippen LogP contribution < -0.4 is 0 Å². The molecule has 6 nitrogen and oxygen atoms in total. The summed E-state index contributed by atoms with van der Waals surface area (Å²) < 4.78 is 3.25. The number of aryl methyl sites for hydroxylation is 2. The lowest BCUT2D eigenvalue weighted by atomic mass is 10.2. The van der Waals surface area contributed by atoms with Crippen molar-refractivity contribution in [1.29, 1.82) is 0 Å². The fourth-order valence-electron chi connectivity index (χ4n) is 1.50. The fraction of sp³-hybridized carbons (Fsp3) is 0.444. The molecule has 86 valence electrons. The Morgan fingerprint density at radius 3 is 2.75 bits per heavy atom. The molecular weight excluding hydrogens is 230 g/mol. The molecule has 1 N–H and O–H groups in total. The topological polar surface area (TPSA) is 68.8 Å². The average Bonchev–Trinajstić information content (AvgIpc) is 2.80. The summed E-state index contributed by atoms with van der Waals surface area (Å²) >= 11 is 6.09. The van der Waals surface area contributed by atoms with Gasteiger partial charge >= 0.3 is 0 Å². The van der Waals surface area contributed by atoms with E-state index in [1.165, 1.54) is 0 Å². The standard InChI is InChI=1S/C9H12ClN5O/c1-6-8(9(10)14(2)12-6)4-15-3-7(5-16)11-13-15/h3,16H,4-5H2,1-2H3. The van der Waals surface area contributed by atoms with E-state index in [-0.39, 0.29) is 6.61 Å². The van der Waals surface area contributed by atoms with Crippen molar-refractivity contribution in [3.05, 3.63) is 28.3 Å². The molecule has 0 amide bonds. The lowest BCUT2D eigenvalue weighted by molar-refractivity contribution is 0.276. The molecule has 0 aromatic carbocycles. The maximum atomic E-state index is 8.87. The SMILES string of the molecule is Cc1nn(C)c(Cl)c1Cn1cc(CO)nn1. The van der Waals surface area contributed by atoms with Gasteiger partial charge in [-0.2, -0.15) is 5.10 Å². The first kappa shape index (κ1) is 11.1. The van der Waals surface area contributed by atoms with Crippen LogP contribution in [0, 0.1) is 6.92 Å². The first-order valence-corrected chi connectivity index (χ1v) is 5.17. The van der Waals surface area contributed by atoms with Crippen LogP contribution >= 0.6 is 11.6 Å². The van der Waals surface area contributed by atoms with Gasteiger partial charge in [0.2, 0.25) is 0 Å². The zero-order valence-electron chi connectivity index (χ0n) is 9.05. The summed E-state index contributed by atoms with van der Waals surface area (Å²) in [5.41, 5.74) is 2.32. The first-order chi connectivity index (χ1) is 7.61. The van der Waals surface area contributed by atoms with E-state index in [9.17, 15) is 0 Å². The van der Waals surface area contributed by atoms with Gasteiger partial charge in [0.25, 0.3) is 0 Å². The molecule has 0 atom stereocenters. The number of halogens is 1. The van der Waals surface area contributed by atoms with Gasteiger partial charge in [-0.3, -0.25) is 4.68 Å². The van der Waals surface area contributed by atoms with Crippen molar-refractivity contribution in [1.82, 2.24) is 24.8 Å². The highest BCUT2D eigenvalue weighted by molar-refractivity contribution is 6.30. The zero-order chi connectivity index (χ0) is 11.7. The van der Waals surface area contributed by atoms with Crippen molar-refractivity contribution < 1.29 is 5.11 Å². The van der Waals surface area contributed by atoms with Crippen LogP contribution in [0.2, 0.25) is 5.15 Å². The van der Waals surface area contributed by atoms with E-state index in [4.69, 9.17) is 16.7 Å². The Morgan fingerprint density at radius 1 is 1.50 bits per heavy atom. The molecule has 2 rings (SSSR count). The summed E-state index contributed by atoms with van der Waals surface area (Å²) in [6, 6.07) is 0. The minimum atomic E-state index is -0.111. The molecular formula is C9H12ClN5O. The van der Waals surface area contributed by atoms with Crippen molar-refractivity contribution in [2.75, 3.05) is 0 Å². The Bertz CT molecular complexity index is 504. The second kappa shape index (κ2) is 4.23. The van der Waals surface area contributed by atoms with Gasteiger partial charge < -0.3 is 5.11 Å². The monoisotopic (exact) mass is 241 g/mol. The van der Waals surface area contributed by atoms with Crippen molar-refractivity contribution >= 4 is 11.6 Å². The number of hydrogen-bond donors (Lipinski definition) is 1. The molecule has 0 unspecified atom stereocenters. The van der Waals surface area contributed by atoms with Gasteiger partial charge in [0.05, 0.1) is 25.0 Å². The molecule has 2 aromatic heterocycles. The highest BCUT2D eigenvalue weighted by atomic mass is 35.5.